The van der Waals surface area contributed by atoms with Crippen molar-refractivity contribution in [1.82, 2.24) is 9.88 Å². The van der Waals surface area contributed by atoms with Crippen molar-refractivity contribution in [2.24, 2.45) is 0 Å². The molecular formula is C16H23N3O2. The van der Waals surface area contributed by atoms with E-state index in [4.69, 9.17) is 0 Å². The van der Waals surface area contributed by atoms with Crippen LogP contribution in [0.5, 0.6) is 0 Å². The highest BCUT2D eigenvalue weighted by Crippen LogP contribution is 2.27. The molecule has 0 radical (unpaired) electrons. The summed E-state index contributed by atoms with van der Waals surface area (Å²) in [5.41, 5.74) is 1.14. The number of piperazine rings is 1. The minimum atomic E-state index is -0.881. The molecule has 1 aromatic rings. The second kappa shape index (κ2) is 6.02. The van der Waals surface area contributed by atoms with E-state index in [1.54, 1.807) is 12.3 Å². The molecule has 5 nitrogen and oxygen atoms in total. The number of pyridine rings is 1. The average molecular weight is 289 g/mol. The van der Waals surface area contributed by atoms with Crippen LogP contribution in [0.15, 0.2) is 12.3 Å². The van der Waals surface area contributed by atoms with Crippen LogP contribution in [0.2, 0.25) is 0 Å². The fourth-order valence-electron chi connectivity index (χ4n) is 3.62. The second-order valence-corrected chi connectivity index (χ2v) is 6.09. The fraction of sp³-hybridized carbons (Fsp3) is 0.625. The van der Waals surface area contributed by atoms with Crippen molar-refractivity contribution in [2.45, 2.75) is 38.6 Å². The molecular weight excluding hydrogens is 266 g/mol. The van der Waals surface area contributed by atoms with E-state index >= 15 is 0 Å². The van der Waals surface area contributed by atoms with E-state index in [0.717, 1.165) is 37.8 Å². The minimum Gasteiger partial charge on any atom is -0.478 e. The van der Waals surface area contributed by atoms with Crippen molar-refractivity contribution in [1.29, 1.82) is 0 Å². The van der Waals surface area contributed by atoms with Gasteiger partial charge in [0.1, 0.15) is 11.4 Å². The van der Waals surface area contributed by atoms with E-state index in [1.165, 1.54) is 25.7 Å². The van der Waals surface area contributed by atoms with Gasteiger partial charge in [-0.25, -0.2) is 9.78 Å². The Bertz CT molecular complexity index is 518. The molecule has 1 saturated heterocycles. The smallest absolute Gasteiger partial charge is 0.339 e. The lowest BCUT2D eigenvalue weighted by Crippen LogP contribution is -2.50. The number of aromatic carboxylic acids is 1. The van der Waals surface area contributed by atoms with Crippen molar-refractivity contribution in [3.05, 3.63) is 23.4 Å². The third-order valence-electron chi connectivity index (χ3n) is 4.81. The van der Waals surface area contributed by atoms with Crippen molar-refractivity contribution < 1.29 is 9.90 Å². The molecule has 2 fully saturated rings. The number of carbonyl (C=O) groups is 1. The zero-order chi connectivity index (χ0) is 14.8. The summed E-state index contributed by atoms with van der Waals surface area (Å²) >= 11 is 0. The van der Waals surface area contributed by atoms with Gasteiger partial charge >= 0.3 is 5.97 Å². The monoisotopic (exact) mass is 289 g/mol. The molecule has 1 aliphatic heterocycles. The standard InChI is InChI=1S/C16H23N3O2/c1-12-6-7-17-15(14(12)16(20)21)19-10-8-18(9-11-19)13-4-2-3-5-13/h6-7,13H,2-5,8-11H2,1H3,(H,20,21). The molecule has 0 atom stereocenters. The summed E-state index contributed by atoms with van der Waals surface area (Å²) in [6, 6.07) is 2.51. The highest BCUT2D eigenvalue weighted by molar-refractivity contribution is 5.95. The summed E-state index contributed by atoms with van der Waals surface area (Å²) in [7, 11) is 0. The SMILES string of the molecule is Cc1ccnc(N2CCN(C3CCCC3)CC2)c1C(=O)O. The van der Waals surface area contributed by atoms with Crippen molar-refractivity contribution in [3.8, 4) is 0 Å². The molecule has 2 aliphatic rings. The van der Waals surface area contributed by atoms with Crippen LogP contribution < -0.4 is 4.90 Å². The maximum absolute atomic E-state index is 11.5. The Morgan fingerprint density at radius 1 is 1.24 bits per heavy atom. The number of nitrogens with zero attached hydrogens (tertiary/aromatic N) is 3. The first-order valence-corrected chi connectivity index (χ1v) is 7.84. The zero-order valence-corrected chi connectivity index (χ0v) is 12.6. The van der Waals surface area contributed by atoms with Gasteiger partial charge in [-0.05, 0) is 31.4 Å². The molecule has 1 aliphatic carbocycles. The van der Waals surface area contributed by atoms with Gasteiger partial charge in [0.05, 0.1) is 0 Å². The normalized spacial score (nSPS) is 20.9. The van der Waals surface area contributed by atoms with Gasteiger partial charge in [-0.2, -0.15) is 0 Å². The highest BCUT2D eigenvalue weighted by Gasteiger charge is 2.28. The molecule has 0 aromatic carbocycles. The Kier molecular flexibility index (Phi) is 4.10. The third-order valence-corrected chi connectivity index (χ3v) is 4.81. The van der Waals surface area contributed by atoms with Crippen LogP contribution in [0, 0.1) is 6.92 Å². The van der Waals surface area contributed by atoms with E-state index in [1.807, 2.05) is 6.92 Å². The molecule has 3 rings (SSSR count). The minimum absolute atomic E-state index is 0.354. The number of aromatic nitrogens is 1. The molecule has 0 bridgehead atoms. The number of carboxylic acid groups (broad SMARTS) is 1. The fourth-order valence-corrected chi connectivity index (χ4v) is 3.62. The number of hydrogen-bond acceptors (Lipinski definition) is 4. The average Bonchev–Trinajstić information content (AvgIpc) is 3.01. The Balaban J connectivity index is 1.72. The number of rotatable bonds is 3. The van der Waals surface area contributed by atoms with Crippen LogP contribution in [0.1, 0.15) is 41.6 Å². The van der Waals surface area contributed by atoms with Gasteiger partial charge < -0.3 is 10.0 Å². The lowest BCUT2D eigenvalue weighted by atomic mass is 10.1. The van der Waals surface area contributed by atoms with E-state index in [0.29, 0.717) is 11.4 Å². The molecule has 0 amide bonds. The lowest BCUT2D eigenvalue weighted by Gasteiger charge is -2.39. The Labute approximate surface area is 125 Å². The zero-order valence-electron chi connectivity index (χ0n) is 12.6. The van der Waals surface area contributed by atoms with Gasteiger partial charge in [0.15, 0.2) is 0 Å². The third kappa shape index (κ3) is 2.88. The van der Waals surface area contributed by atoms with E-state index in [9.17, 15) is 9.90 Å². The van der Waals surface area contributed by atoms with Crippen LogP contribution >= 0.6 is 0 Å². The predicted octanol–water partition coefficient (Wildman–Crippen LogP) is 2.15. The second-order valence-electron chi connectivity index (χ2n) is 6.09. The van der Waals surface area contributed by atoms with Crippen LogP contribution in [0.3, 0.4) is 0 Å². The molecule has 1 aromatic heterocycles. The first-order valence-electron chi connectivity index (χ1n) is 7.84. The number of carboxylic acids is 1. The lowest BCUT2D eigenvalue weighted by molar-refractivity contribution is 0.0696. The van der Waals surface area contributed by atoms with E-state index < -0.39 is 5.97 Å². The van der Waals surface area contributed by atoms with Crippen LogP contribution in [-0.2, 0) is 0 Å². The topological polar surface area (TPSA) is 56.7 Å². The Hall–Kier alpha value is -1.62. The summed E-state index contributed by atoms with van der Waals surface area (Å²) in [6.45, 7) is 5.60. The molecule has 1 saturated carbocycles. The van der Waals surface area contributed by atoms with Gasteiger partial charge in [-0.3, -0.25) is 4.90 Å². The number of hydrogen-bond donors (Lipinski definition) is 1. The van der Waals surface area contributed by atoms with Crippen LogP contribution in [0.4, 0.5) is 5.82 Å². The molecule has 5 heteroatoms. The quantitative estimate of drug-likeness (QED) is 0.924. The largest absolute Gasteiger partial charge is 0.478 e. The highest BCUT2D eigenvalue weighted by atomic mass is 16.4. The predicted molar refractivity (Wildman–Crippen MR) is 82.0 cm³/mol. The molecule has 114 valence electrons. The van der Waals surface area contributed by atoms with Crippen LogP contribution in [-0.4, -0.2) is 53.2 Å². The van der Waals surface area contributed by atoms with E-state index in [2.05, 4.69) is 14.8 Å². The molecule has 0 unspecified atom stereocenters. The Morgan fingerprint density at radius 3 is 2.52 bits per heavy atom. The summed E-state index contributed by atoms with van der Waals surface area (Å²) in [5, 5.41) is 9.42. The summed E-state index contributed by atoms with van der Waals surface area (Å²) in [4.78, 5) is 20.5. The number of anilines is 1. The van der Waals surface area contributed by atoms with Gasteiger partial charge in [-0.15, -0.1) is 0 Å². The molecule has 21 heavy (non-hydrogen) atoms. The summed E-state index contributed by atoms with van der Waals surface area (Å²) < 4.78 is 0. The first kappa shape index (κ1) is 14.3. The van der Waals surface area contributed by atoms with E-state index in [-0.39, 0.29) is 0 Å². The van der Waals surface area contributed by atoms with Crippen molar-refractivity contribution in [3.63, 3.8) is 0 Å². The van der Waals surface area contributed by atoms with Gasteiger partial charge in [-0.1, -0.05) is 12.8 Å². The van der Waals surface area contributed by atoms with Crippen molar-refractivity contribution >= 4 is 11.8 Å². The van der Waals surface area contributed by atoms with Gasteiger partial charge in [0.25, 0.3) is 0 Å². The van der Waals surface area contributed by atoms with Crippen LogP contribution in [0.25, 0.3) is 0 Å². The maximum Gasteiger partial charge on any atom is 0.339 e. The maximum atomic E-state index is 11.5. The molecule has 1 N–H and O–H groups in total. The Morgan fingerprint density at radius 2 is 1.90 bits per heavy atom. The van der Waals surface area contributed by atoms with Gasteiger partial charge in [0.2, 0.25) is 0 Å². The molecule has 2 heterocycles. The molecule has 0 spiro atoms. The van der Waals surface area contributed by atoms with Gasteiger partial charge in [0, 0.05) is 38.4 Å². The summed E-state index contributed by atoms with van der Waals surface area (Å²) in [5.74, 6) is -0.248. The first-order chi connectivity index (χ1) is 10.2. The number of aryl methyl sites for hydroxylation is 1. The van der Waals surface area contributed by atoms with Crippen molar-refractivity contribution in [2.75, 3.05) is 31.1 Å². The summed E-state index contributed by atoms with van der Waals surface area (Å²) in [6.07, 6.45) is 7.06.